The van der Waals surface area contributed by atoms with Crippen LogP contribution in [0.3, 0.4) is 0 Å². The van der Waals surface area contributed by atoms with Gasteiger partial charge in [0, 0.05) is 12.5 Å². The summed E-state index contributed by atoms with van der Waals surface area (Å²) in [6, 6.07) is 12.2. The Bertz CT molecular complexity index is 533. The third-order valence-electron chi connectivity index (χ3n) is 3.22. The molecule has 1 amide bonds. The van der Waals surface area contributed by atoms with Crippen LogP contribution in [0.4, 0.5) is 0 Å². The van der Waals surface area contributed by atoms with Gasteiger partial charge in [-0.25, -0.2) is 0 Å². The Morgan fingerprint density at radius 1 is 1.29 bits per heavy atom. The molecule has 3 heteroatoms. The summed E-state index contributed by atoms with van der Waals surface area (Å²) in [7, 11) is 0. The number of hydrogen-bond donors (Lipinski definition) is 1. The van der Waals surface area contributed by atoms with Crippen LogP contribution in [0.15, 0.2) is 41.8 Å². The zero-order chi connectivity index (χ0) is 11.7. The summed E-state index contributed by atoms with van der Waals surface area (Å²) in [5.41, 5.74) is 2.81. The van der Waals surface area contributed by atoms with Gasteiger partial charge in [-0.1, -0.05) is 30.3 Å². The van der Waals surface area contributed by atoms with Crippen molar-refractivity contribution in [1.82, 2.24) is 5.32 Å². The van der Waals surface area contributed by atoms with Gasteiger partial charge in [-0.2, -0.15) is 0 Å². The highest BCUT2D eigenvalue weighted by molar-refractivity contribution is 7.12. The molecule has 2 aromatic rings. The summed E-state index contributed by atoms with van der Waals surface area (Å²) in [6.07, 6.45) is 1.08. The molecule has 0 spiro atoms. The predicted octanol–water partition coefficient (Wildman–Crippen LogP) is 2.82. The summed E-state index contributed by atoms with van der Waals surface area (Å²) in [6.45, 7) is 0.744. The number of thiophene rings is 1. The van der Waals surface area contributed by atoms with E-state index in [-0.39, 0.29) is 5.91 Å². The molecule has 1 aliphatic rings. The number of fused-ring (bicyclic) bond motifs is 1. The van der Waals surface area contributed by atoms with E-state index < -0.39 is 0 Å². The van der Waals surface area contributed by atoms with E-state index in [1.165, 1.54) is 22.5 Å². The van der Waals surface area contributed by atoms with Crippen molar-refractivity contribution in [1.29, 1.82) is 0 Å². The zero-order valence-electron chi connectivity index (χ0n) is 9.35. The molecule has 1 unspecified atom stereocenters. The van der Waals surface area contributed by atoms with Crippen LogP contribution in [0.5, 0.6) is 0 Å². The molecule has 1 aromatic heterocycles. The number of amides is 1. The summed E-state index contributed by atoms with van der Waals surface area (Å²) in [5.74, 6) is 0.541. The largest absolute Gasteiger partial charge is 0.351 e. The minimum atomic E-state index is 0.0457. The molecule has 0 saturated carbocycles. The van der Waals surface area contributed by atoms with Crippen LogP contribution >= 0.6 is 11.3 Å². The summed E-state index contributed by atoms with van der Waals surface area (Å²) >= 11 is 1.48. The van der Waals surface area contributed by atoms with E-state index in [0.29, 0.717) is 5.92 Å². The van der Waals surface area contributed by atoms with Crippen LogP contribution in [0.25, 0.3) is 0 Å². The van der Waals surface area contributed by atoms with Gasteiger partial charge in [-0.15, -0.1) is 11.3 Å². The molecule has 0 saturated heterocycles. The van der Waals surface area contributed by atoms with Crippen LogP contribution in [0, 0.1) is 0 Å². The van der Waals surface area contributed by atoms with Crippen molar-refractivity contribution in [3.8, 4) is 0 Å². The van der Waals surface area contributed by atoms with Crippen LogP contribution in [0.1, 0.15) is 26.7 Å². The highest BCUT2D eigenvalue weighted by Gasteiger charge is 2.25. The molecule has 2 nitrogen and oxygen atoms in total. The predicted molar refractivity (Wildman–Crippen MR) is 69.5 cm³/mol. The number of hydrogen-bond acceptors (Lipinski definition) is 2. The Kier molecular flexibility index (Phi) is 2.69. The van der Waals surface area contributed by atoms with Crippen molar-refractivity contribution in [2.45, 2.75) is 12.3 Å². The lowest BCUT2D eigenvalue weighted by molar-refractivity contribution is 0.0954. The van der Waals surface area contributed by atoms with E-state index in [0.717, 1.165) is 17.8 Å². The van der Waals surface area contributed by atoms with Crippen LogP contribution in [-0.2, 0) is 6.42 Å². The van der Waals surface area contributed by atoms with Gasteiger partial charge in [-0.3, -0.25) is 4.79 Å². The van der Waals surface area contributed by atoms with Crippen molar-refractivity contribution in [2.24, 2.45) is 0 Å². The van der Waals surface area contributed by atoms with Gasteiger partial charge in [0.2, 0.25) is 0 Å². The second-order valence-corrected chi connectivity index (χ2v) is 5.23. The first-order valence-electron chi connectivity index (χ1n) is 5.74. The van der Waals surface area contributed by atoms with E-state index in [1.807, 2.05) is 17.5 Å². The fourth-order valence-corrected chi connectivity index (χ4v) is 2.90. The molecular weight excluding hydrogens is 230 g/mol. The second-order valence-electron chi connectivity index (χ2n) is 4.29. The summed E-state index contributed by atoms with van der Waals surface area (Å²) in [4.78, 5) is 12.6. The van der Waals surface area contributed by atoms with E-state index in [1.54, 1.807) is 0 Å². The van der Waals surface area contributed by atoms with Crippen molar-refractivity contribution in [3.05, 3.63) is 57.8 Å². The molecule has 1 atom stereocenters. The first-order valence-corrected chi connectivity index (χ1v) is 6.62. The number of carbonyl (C=O) groups excluding carboxylic acids is 1. The average Bonchev–Trinajstić information content (AvgIpc) is 2.83. The van der Waals surface area contributed by atoms with Gasteiger partial charge in [0.15, 0.2) is 0 Å². The molecule has 3 rings (SSSR count). The van der Waals surface area contributed by atoms with Crippen molar-refractivity contribution in [2.75, 3.05) is 6.54 Å². The highest BCUT2D eigenvalue weighted by Crippen LogP contribution is 2.34. The number of nitrogens with one attached hydrogen (secondary N) is 1. The first kappa shape index (κ1) is 10.5. The third-order valence-corrected chi connectivity index (χ3v) is 4.08. The molecule has 86 valence electrons. The molecule has 0 radical (unpaired) electrons. The summed E-state index contributed by atoms with van der Waals surface area (Å²) in [5, 5.41) is 4.92. The topological polar surface area (TPSA) is 29.1 Å². The van der Waals surface area contributed by atoms with Crippen molar-refractivity contribution >= 4 is 17.2 Å². The lowest BCUT2D eigenvalue weighted by Gasteiger charge is -2.30. The Morgan fingerprint density at radius 2 is 2.18 bits per heavy atom. The monoisotopic (exact) mass is 243 g/mol. The molecule has 1 N–H and O–H groups in total. The summed E-state index contributed by atoms with van der Waals surface area (Å²) < 4.78 is 0. The highest BCUT2D eigenvalue weighted by atomic mass is 32.1. The first-order chi connectivity index (χ1) is 8.34. The Hall–Kier alpha value is -1.61. The van der Waals surface area contributed by atoms with Crippen LogP contribution in [-0.4, -0.2) is 12.5 Å². The molecule has 0 bridgehead atoms. The Morgan fingerprint density at radius 3 is 2.94 bits per heavy atom. The van der Waals surface area contributed by atoms with E-state index >= 15 is 0 Å². The van der Waals surface area contributed by atoms with E-state index in [9.17, 15) is 4.79 Å². The fourth-order valence-electron chi connectivity index (χ4n) is 2.26. The fraction of sp³-hybridized carbons (Fsp3) is 0.214. The molecule has 1 aliphatic carbocycles. The van der Waals surface area contributed by atoms with Gasteiger partial charge < -0.3 is 5.32 Å². The standard InChI is InChI=1S/C14H13NOS/c16-14(13-6-3-7-17-13)15-9-11-8-10-4-1-2-5-12(10)11/h1-7,11H,8-9H2,(H,15,16). The number of rotatable bonds is 3. The third kappa shape index (κ3) is 1.98. The Labute approximate surface area is 104 Å². The van der Waals surface area contributed by atoms with Gasteiger partial charge in [0.25, 0.3) is 5.91 Å². The van der Waals surface area contributed by atoms with Gasteiger partial charge >= 0.3 is 0 Å². The van der Waals surface area contributed by atoms with Crippen molar-refractivity contribution < 1.29 is 4.79 Å². The van der Waals surface area contributed by atoms with E-state index in [4.69, 9.17) is 0 Å². The number of carbonyl (C=O) groups is 1. The molecule has 0 fully saturated rings. The second kappa shape index (κ2) is 4.34. The lowest BCUT2D eigenvalue weighted by atomic mass is 9.77. The maximum Gasteiger partial charge on any atom is 0.261 e. The molecular formula is C14H13NOS. The molecule has 1 aromatic carbocycles. The minimum absolute atomic E-state index is 0.0457. The average molecular weight is 243 g/mol. The van der Waals surface area contributed by atoms with Crippen molar-refractivity contribution in [3.63, 3.8) is 0 Å². The number of benzene rings is 1. The maximum absolute atomic E-state index is 11.8. The van der Waals surface area contributed by atoms with Gasteiger partial charge in [0.05, 0.1) is 4.88 Å². The molecule has 1 heterocycles. The van der Waals surface area contributed by atoms with Crippen LogP contribution in [0.2, 0.25) is 0 Å². The SMILES string of the molecule is O=C(NCC1Cc2ccccc21)c1cccs1. The van der Waals surface area contributed by atoms with E-state index in [2.05, 4.69) is 29.6 Å². The molecule has 17 heavy (non-hydrogen) atoms. The molecule has 0 aliphatic heterocycles. The zero-order valence-corrected chi connectivity index (χ0v) is 10.2. The van der Waals surface area contributed by atoms with Crippen LogP contribution < -0.4 is 5.32 Å². The quantitative estimate of drug-likeness (QED) is 0.882. The minimum Gasteiger partial charge on any atom is -0.351 e. The maximum atomic E-state index is 11.8. The lowest BCUT2D eigenvalue weighted by Crippen LogP contribution is -2.32. The van der Waals surface area contributed by atoms with Gasteiger partial charge in [-0.05, 0) is 29.0 Å². The van der Waals surface area contributed by atoms with Gasteiger partial charge in [0.1, 0.15) is 0 Å². The smallest absolute Gasteiger partial charge is 0.261 e. The Balaban J connectivity index is 1.59. The normalized spacial score (nSPS) is 17.1.